The van der Waals surface area contributed by atoms with Gasteiger partial charge in [0.1, 0.15) is 5.82 Å². The predicted molar refractivity (Wildman–Crippen MR) is 212 cm³/mol. The van der Waals surface area contributed by atoms with E-state index in [1.807, 2.05) is 80.8 Å². The van der Waals surface area contributed by atoms with Crippen molar-refractivity contribution in [2.45, 2.75) is 59.4 Å². The summed E-state index contributed by atoms with van der Waals surface area (Å²) in [6.45, 7) is 13.7. The SMILES string of the molecule is CC.CC(C)CN1CCC(C(=O)Nc2cc(-c3ccc4nn(C)cc4c3)ccn2)CC1.c1cc(-c2ccc3ncn(C4CCCNC4)c3c2)ccn1. The van der Waals surface area contributed by atoms with Crippen LogP contribution in [0.25, 0.3) is 44.2 Å². The Bertz CT molecular complexity index is 2040. The van der Waals surface area contributed by atoms with Crippen LogP contribution in [0.2, 0.25) is 0 Å². The van der Waals surface area contributed by atoms with Gasteiger partial charge < -0.3 is 20.1 Å². The summed E-state index contributed by atoms with van der Waals surface area (Å²) >= 11 is 0. The second kappa shape index (κ2) is 17.5. The first-order chi connectivity index (χ1) is 25.4. The van der Waals surface area contributed by atoms with Gasteiger partial charge in [0.15, 0.2) is 0 Å². The molecule has 272 valence electrons. The van der Waals surface area contributed by atoms with E-state index in [9.17, 15) is 4.79 Å². The molecule has 10 nitrogen and oxygen atoms in total. The van der Waals surface area contributed by atoms with Crippen molar-refractivity contribution in [3.8, 4) is 22.3 Å². The molecule has 2 saturated heterocycles. The molecule has 2 aromatic carbocycles. The van der Waals surface area contributed by atoms with Crippen LogP contribution >= 0.6 is 0 Å². The van der Waals surface area contributed by atoms with Crippen LogP contribution in [0.4, 0.5) is 5.82 Å². The van der Waals surface area contributed by atoms with E-state index in [0.29, 0.717) is 17.8 Å². The summed E-state index contributed by atoms with van der Waals surface area (Å²) in [5.41, 5.74) is 7.80. The Hall–Kier alpha value is -4.93. The van der Waals surface area contributed by atoms with E-state index in [4.69, 9.17) is 0 Å². The summed E-state index contributed by atoms with van der Waals surface area (Å²) in [5.74, 6) is 1.43. The number of anilines is 1. The number of carbonyl (C=O) groups is 1. The van der Waals surface area contributed by atoms with Gasteiger partial charge in [-0.1, -0.05) is 39.8 Å². The number of pyridine rings is 2. The number of benzene rings is 2. The molecule has 6 aromatic rings. The maximum atomic E-state index is 12.7. The molecule has 2 fully saturated rings. The first-order valence-electron chi connectivity index (χ1n) is 18.9. The summed E-state index contributed by atoms with van der Waals surface area (Å²) in [4.78, 5) is 28.2. The van der Waals surface area contributed by atoms with E-state index in [2.05, 4.69) is 84.3 Å². The Labute approximate surface area is 307 Å². The average molecular weight is 700 g/mol. The molecule has 2 aliphatic rings. The van der Waals surface area contributed by atoms with Crippen molar-refractivity contribution < 1.29 is 4.79 Å². The molecular formula is C42H53N9O. The molecule has 4 aromatic heterocycles. The van der Waals surface area contributed by atoms with E-state index in [1.54, 1.807) is 6.20 Å². The number of nitrogens with one attached hydrogen (secondary N) is 2. The number of piperidine rings is 2. The van der Waals surface area contributed by atoms with Crippen LogP contribution in [0, 0.1) is 11.8 Å². The number of likely N-dealkylation sites (tertiary alicyclic amines) is 1. The number of fused-ring (bicyclic) bond motifs is 2. The molecular weight excluding hydrogens is 647 g/mol. The number of hydrogen-bond donors (Lipinski definition) is 2. The van der Waals surface area contributed by atoms with Crippen molar-refractivity contribution in [2.24, 2.45) is 18.9 Å². The van der Waals surface area contributed by atoms with Gasteiger partial charge in [0, 0.05) is 62.3 Å². The lowest BCUT2D eigenvalue weighted by Crippen LogP contribution is -2.39. The summed E-state index contributed by atoms with van der Waals surface area (Å²) in [7, 11) is 1.92. The molecule has 0 bridgehead atoms. The molecule has 2 N–H and O–H groups in total. The Balaban J connectivity index is 0.000000178. The highest BCUT2D eigenvalue weighted by Crippen LogP contribution is 2.28. The normalized spacial score (nSPS) is 16.6. The molecule has 52 heavy (non-hydrogen) atoms. The van der Waals surface area contributed by atoms with E-state index in [0.717, 1.165) is 73.1 Å². The molecule has 8 rings (SSSR count). The van der Waals surface area contributed by atoms with Crippen molar-refractivity contribution in [1.82, 2.24) is 39.5 Å². The van der Waals surface area contributed by atoms with Gasteiger partial charge in [-0.3, -0.25) is 14.5 Å². The third-order valence-electron chi connectivity index (χ3n) is 9.80. The third kappa shape index (κ3) is 9.10. The summed E-state index contributed by atoms with van der Waals surface area (Å²) in [6, 6.07) is 21.2. The van der Waals surface area contributed by atoms with E-state index in [-0.39, 0.29) is 11.8 Å². The quantitative estimate of drug-likeness (QED) is 0.174. The monoisotopic (exact) mass is 699 g/mol. The molecule has 2 aliphatic heterocycles. The Morgan fingerprint density at radius 3 is 2.31 bits per heavy atom. The van der Waals surface area contributed by atoms with Gasteiger partial charge in [0.2, 0.25) is 5.91 Å². The highest BCUT2D eigenvalue weighted by molar-refractivity contribution is 5.92. The summed E-state index contributed by atoms with van der Waals surface area (Å²) in [5, 5.41) is 12.0. The highest BCUT2D eigenvalue weighted by atomic mass is 16.2. The van der Waals surface area contributed by atoms with Crippen LogP contribution < -0.4 is 10.6 Å². The second-order valence-electron chi connectivity index (χ2n) is 14.1. The zero-order valence-electron chi connectivity index (χ0n) is 31.3. The molecule has 1 unspecified atom stereocenters. The Morgan fingerprint density at radius 1 is 0.865 bits per heavy atom. The molecule has 6 heterocycles. The van der Waals surface area contributed by atoms with Crippen LogP contribution in [0.5, 0.6) is 0 Å². The topological polar surface area (TPSA) is 106 Å². The zero-order chi connectivity index (χ0) is 36.5. The number of aromatic nitrogens is 6. The molecule has 0 spiro atoms. The number of amides is 1. The smallest absolute Gasteiger partial charge is 0.228 e. The lowest BCUT2D eigenvalue weighted by Gasteiger charge is -2.32. The number of hydrogen-bond acceptors (Lipinski definition) is 7. The van der Waals surface area contributed by atoms with Crippen molar-refractivity contribution in [1.29, 1.82) is 0 Å². The maximum absolute atomic E-state index is 12.7. The molecule has 0 saturated carbocycles. The maximum Gasteiger partial charge on any atom is 0.228 e. The number of imidazole rings is 1. The average Bonchev–Trinajstić information content (AvgIpc) is 3.78. The molecule has 1 amide bonds. The van der Waals surface area contributed by atoms with E-state index in [1.165, 1.54) is 29.5 Å². The fraction of sp³-hybridized carbons (Fsp3) is 0.405. The van der Waals surface area contributed by atoms with Crippen LogP contribution in [0.15, 0.2) is 91.8 Å². The first kappa shape index (κ1) is 36.8. The zero-order valence-corrected chi connectivity index (χ0v) is 31.3. The number of aryl methyl sites for hydroxylation is 1. The van der Waals surface area contributed by atoms with Crippen LogP contribution in [-0.4, -0.2) is 72.8 Å². The summed E-state index contributed by atoms with van der Waals surface area (Å²) < 4.78 is 4.14. The standard InChI is InChI=1S/C23H29N5O.C17H18N4.C2H6/c1-16(2)14-28-10-7-17(8-11-28)23(29)25-22-13-19(6-9-24-22)18-4-5-21-20(12-18)15-27(3)26-21;1-2-15(11-19-7-1)21-12-20-16-4-3-14(10-17(16)21)13-5-8-18-9-6-13;1-2/h4-6,9,12-13,15-17H,7-8,10-11,14H2,1-3H3,(H,24,25,29);3-6,8-10,12,15,19H,1-2,7,11H2;1-2H3. The molecule has 0 radical (unpaired) electrons. The molecule has 10 heteroatoms. The fourth-order valence-corrected chi connectivity index (χ4v) is 7.24. The fourth-order valence-electron chi connectivity index (χ4n) is 7.24. The van der Waals surface area contributed by atoms with E-state index >= 15 is 0 Å². The van der Waals surface area contributed by atoms with Gasteiger partial charge in [-0.05, 0) is 122 Å². The van der Waals surface area contributed by atoms with Crippen molar-refractivity contribution >= 4 is 33.7 Å². The van der Waals surface area contributed by atoms with Gasteiger partial charge in [0.05, 0.1) is 22.9 Å². The lowest BCUT2D eigenvalue weighted by atomic mass is 9.95. The molecule has 0 aliphatic carbocycles. The third-order valence-corrected chi connectivity index (χ3v) is 9.80. The predicted octanol–water partition coefficient (Wildman–Crippen LogP) is 7.99. The van der Waals surface area contributed by atoms with Crippen LogP contribution in [-0.2, 0) is 11.8 Å². The highest BCUT2D eigenvalue weighted by Gasteiger charge is 2.25. The van der Waals surface area contributed by atoms with Gasteiger partial charge >= 0.3 is 0 Å². The minimum atomic E-state index is 0.0654. The lowest BCUT2D eigenvalue weighted by molar-refractivity contribution is -0.121. The number of rotatable bonds is 7. The Kier molecular flexibility index (Phi) is 12.4. The van der Waals surface area contributed by atoms with Crippen LogP contribution in [0.1, 0.15) is 59.4 Å². The van der Waals surface area contributed by atoms with Gasteiger partial charge in [-0.15, -0.1) is 0 Å². The second-order valence-corrected chi connectivity index (χ2v) is 14.1. The Morgan fingerprint density at radius 2 is 1.58 bits per heavy atom. The van der Waals surface area contributed by atoms with Gasteiger partial charge in [-0.25, -0.2) is 9.97 Å². The number of carbonyl (C=O) groups excluding carboxylic acids is 1. The van der Waals surface area contributed by atoms with Gasteiger partial charge in [-0.2, -0.15) is 5.10 Å². The molecule has 1 atom stereocenters. The van der Waals surface area contributed by atoms with Crippen LogP contribution in [0.3, 0.4) is 0 Å². The van der Waals surface area contributed by atoms with Gasteiger partial charge in [0.25, 0.3) is 0 Å². The first-order valence-corrected chi connectivity index (χ1v) is 18.9. The largest absolute Gasteiger partial charge is 0.326 e. The minimum absolute atomic E-state index is 0.0654. The summed E-state index contributed by atoms with van der Waals surface area (Å²) in [6.07, 6.45) is 13.7. The van der Waals surface area contributed by atoms with Crippen molar-refractivity contribution in [3.05, 3.63) is 91.8 Å². The van der Waals surface area contributed by atoms with Crippen molar-refractivity contribution in [3.63, 3.8) is 0 Å². The number of nitrogens with zero attached hydrogens (tertiary/aromatic N) is 7. The van der Waals surface area contributed by atoms with E-state index < -0.39 is 0 Å². The van der Waals surface area contributed by atoms with Crippen molar-refractivity contribution in [2.75, 3.05) is 38.0 Å². The minimum Gasteiger partial charge on any atom is -0.326 e.